The molecule has 0 aromatic carbocycles. The average Bonchev–Trinajstić information content (AvgIpc) is 3.14. The van der Waals surface area contributed by atoms with Gasteiger partial charge in [0.1, 0.15) is 0 Å². The molecule has 0 spiro atoms. The molecule has 1 aliphatic rings. The van der Waals surface area contributed by atoms with E-state index in [9.17, 15) is 0 Å². The van der Waals surface area contributed by atoms with E-state index >= 15 is 0 Å². The van der Waals surface area contributed by atoms with Crippen LogP contribution in [0.2, 0.25) is 0 Å². The Hall–Kier alpha value is -0.870. The zero-order chi connectivity index (χ0) is 15.1. The summed E-state index contributed by atoms with van der Waals surface area (Å²) in [6.07, 6.45) is 9.74. The van der Waals surface area contributed by atoms with Crippen LogP contribution in [0.3, 0.4) is 0 Å². The van der Waals surface area contributed by atoms with E-state index < -0.39 is 0 Å². The first-order valence-corrected chi connectivity index (χ1v) is 8.63. The maximum atomic E-state index is 5.78. The van der Waals surface area contributed by atoms with Gasteiger partial charge in [-0.1, -0.05) is 19.8 Å². The van der Waals surface area contributed by atoms with Crippen LogP contribution in [0.1, 0.15) is 64.6 Å². The van der Waals surface area contributed by atoms with Crippen molar-refractivity contribution in [3.8, 4) is 0 Å². The van der Waals surface area contributed by atoms with E-state index in [4.69, 9.17) is 9.84 Å². The number of aromatic nitrogens is 2. The fourth-order valence-corrected chi connectivity index (χ4v) is 3.20. The Morgan fingerprint density at radius 2 is 2.14 bits per heavy atom. The topological polar surface area (TPSA) is 39.1 Å². The van der Waals surface area contributed by atoms with Crippen molar-refractivity contribution < 1.29 is 4.74 Å². The second-order valence-corrected chi connectivity index (χ2v) is 6.15. The van der Waals surface area contributed by atoms with Crippen LogP contribution in [0.15, 0.2) is 12.3 Å². The lowest BCUT2D eigenvalue weighted by Gasteiger charge is -2.24. The maximum Gasteiger partial charge on any atom is 0.0703 e. The predicted octanol–water partition coefficient (Wildman–Crippen LogP) is 3.33. The summed E-state index contributed by atoms with van der Waals surface area (Å²) in [5, 5.41) is 8.41. The van der Waals surface area contributed by atoms with Gasteiger partial charge < -0.3 is 10.1 Å². The van der Waals surface area contributed by atoms with E-state index in [1.807, 2.05) is 0 Å². The molecule has 2 rings (SSSR count). The van der Waals surface area contributed by atoms with E-state index in [0.717, 1.165) is 26.0 Å². The SMILES string of the molecule is CCCNC(Cc1ccn(C2CCCC2)n1)C(C)OCC. The van der Waals surface area contributed by atoms with Gasteiger partial charge in [-0.25, -0.2) is 0 Å². The first kappa shape index (κ1) is 16.5. The fourth-order valence-electron chi connectivity index (χ4n) is 3.20. The predicted molar refractivity (Wildman–Crippen MR) is 86.6 cm³/mol. The lowest BCUT2D eigenvalue weighted by Crippen LogP contribution is -2.42. The summed E-state index contributed by atoms with van der Waals surface area (Å²) in [6, 6.07) is 3.15. The van der Waals surface area contributed by atoms with Crippen molar-refractivity contribution in [2.75, 3.05) is 13.2 Å². The molecule has 1 aliphatic carbocycles. The summed E-state index contributed by atoms with van der Waals surface area (Å²) >= 11 is 0. The Labute approximate surface area is 129 Å². The molecule has 1 heterocycles. The summed E-state index contributed by atoms with van der Waals surface area (Å²) in [5.41, 5.74) is 1.18. The van der Waals surface area contributed by atoms with Crippen LogP contribution < -0.4 is 5.32 Å². The van der Waals surface area contributed by atoms with Gasteiger partial charge in [0.05, 0.1) is 17.8 Å². The molecule has 0 bridgehead atoms. The number of rotatable bonds is 9. The van der Waals surface area contributed by atoms with E-state index in [-0.39, 0.29) is 6.10 Å². The van der Waals surface area contributed by atoms with Crippen molar-refractivity contribution in [1.29, 1.82) is 0 Å². The molecule has 1 N–H and O–H groups in total. The summed E-state index contributed by atoms with van der Waals surface area (Å²) in [4.78, 5) is 0. The molecule has 0 amide bonds. The van der Waals surface area contributed by atoms with Gasteiger partial charge >= 0.3 is 0 Å². The van der Waals surface area contributed by atoms with Crippen LogP contribution in [0.25, 0.3) is 0 Å². The molecule has 0 radical (unpaired) electrons. The Bertz CT molecular complexity index is 398. The summed E-state index contributed by atoms with van der Waals surface area (Å²) in [7, 11) is 0. The van der Waals surface area contributed by atoms with Crippen LogP contribution >= 0.6 is 0 Å². The minimum absolute atomic E-state index is 0.221. The van der Waals surface area contributed by atoms with Crippen LogP contribution in [0.5, 0.6) is 0 Å². The molecule has 4 nitrogen and oxygen atoms in total. The molecule has 2 unspecified atom stereocenters. The smallest absolute Gasteiger partial charge is 0.0703 e. The van der Waals surface area contributed by atoms with Gasteiger partial charge in [0, 0.05) is 25.3 Å². The standard InChI is InChI=1S/C17H31N3O/c1-4-11-18-17(14(3)21-5-2)13-15-10-12-20(19-15)16-8-6-7-9-16/h10,12,14,16-18H,4-9,11,13H2,1-3H3. The first-order chi connectivity index (χ1) is 10.2. The second kappa shape index (κ2) is 8.54. The molecule has 0 aliphatic heterocycles. The van der Waals surface area contributed by atoms with E-state index in [1.165, 1.54) is 31.4 Å². The molecule has 2 atom stereocenters. The van der Waals surface area contributed by atoms with Crippen molar-refractivity contribution in [2.45, 2.75) is 77.5 Å². The molecule has 120 valence electrons. The van der Waals surface area contributed by atoms with Crippen molar-refractivity contribution in [3.05, 3.63) is 18.0 Å². The van der Waals surface area contributed by atoms with Gasteiger partial charge in [0.2, 0.25) is 0 Å². The lowest BCUT2D eigenvalue weighted by molar-refractivity contribution is 0.0473. The highest BCUT2D eigenvalue weighted by Crippen LogP contribution is 2.28. The lowest BCUT2D eigenvalue weighted by atomic mass is 10.1. The highest BCUT2D eigenvalue weighted by atomic mass is 16.5. The molecule has 1 fully saturated rings. The van der Waals surface area contributed by atoms with Gasteiger partial charge in [-0.05, 0) is 45.7 Å². The Morgan fingerprint density at radius 3 is 2.81 bits per heavy atom. The molecular weight excluding hydrogens is 262 g/mol. The summed E-state index contributed by atoms with van der Waals surface area (Å²) < 4.78 is 7.97. The van der Waals surface area contributed by atoms with Gasteiger partial charge in [0.25, 0.3) is 0 Å². The normalized spacial score (nSPS) is 19.0. The van der Waals surface area contributed by atoms with E-state index in [2.05, 4.69) is 43.0 Å². The monoisotopic (exact) mass is 293 g/mol. The van der Waals surface area contributed by atoms with Crippen LogP contribution in [0.4, 0.5) is 0 Å². The molecule has 1 saturated carbocycles. The van der Waals surface area contributed by atoms with Crippen LogP contribution in [-0.4, -0.2) is 35.1 Å². The Balaban J connectivity index is 1.94. The Kier molecular flexibility index (Phi) is 6.71. The molecule has 0 saturated heterocycles. The summed E-state index contributed by atoms with van der Waals surface area (Å²) in [6.45, 7) is 8.21. The van der Waals surface area contributed by atoms with Gasteiger partial charge in [0.15, 0.2) is 0 Å². The summed E-state index contributed by atoms with van der Waals surface area (Å²) in [5.74, 6) is 0. The molecule has 4 heteroatoms. The first-order valence-electron chi connectivity index (χ1n) is 8.63. The minimum atomic E-state index is 0.221. The maximum absolute atomic E-state index is 5.78. The minimum Gasteiger partial charge on any atom is -0.377 e. The van der Waals surface area contributed by atoms with Gasteiger partial charge in [-0.2, -0.15) is 5.10 Å². The average molecular weight is 293 g/mol. The number of nitrogens with zero attached hydrogens (tertiary/aromatic N) is 2. The van der Waals surface area contributed by atoms with Crippen molar-refractivity contribution in [1.82, 2.24) is 15.1 Å². The number of ether oxygens (including phenoxy) is 1. The van der Waals surface area contributed by atoms with Crippen molar-refractivity contribution in [3.63, 3.8) is 0 Å². The molecule has 1 aromatic rings. The molecule has 1 aromatic heterocycles. The Morgan fingerprint density at radius 1 is 1.38 bits per heavy atom. The highest BCUT2D eigenvalue weighted by Gasteiger charge is 2.21. The second-order valence-electron chi connectivity index (χ2n) is 6.15. The van der Waals surface area contributed by atoms with Gasteiger partial charge in [-0.3, -0.25) is 4.68 Å². The van der Waals surface area contributed by atoms with Crippen LogP contribution in [-0.2, 0) is 11.2 Å². The third-order valence-electron chi connectivity index (χ3n) is 4.44. The zero-order valence-electron chi connectivity index (χ0n) is 13.8. The third-order valence-corrected chi connectivity index (χ3v) is 4.44. The number of nitrogens with one attached hydrogen (secondary N) is 1. The number of hydrogen-bond acceptors (Lipinski definition) is 3. The fraction of sp³-hybridized carbons (Fsp3) is 0.824. The number of hydrogen-bond donors (Lipinski definition) is 1. The van der Waals surface area contributed by atoms with Gasteiger partial charge in [-0.15, -0.1) is 0 Å². The molecular formula is C17H31N3O. The highest BCUT2D eigenvalue weighted by molar-refractivity contribution is 5.03. The van der Waals surface area contributed by atoms with Crippen LogP contribution in [0, 0.1) is 0 Å². The van der Waals surface area contributed by atoms with Crippen molar-refractivity contribution in [2.24, 2.45) is 0 Å². The van der Waals surface area contributed by atoms with E-state index in [1.54, 1.807) is 0 Å². The van der Waals surface area contributed by atoms with E-state index in [0.29, 0.717) is 12.1 Å². The largest absolute Gasteiger partial charge is 0.377 e. The van der Waals surface area contributed by atoms with Crippen molar-refractivity contribution >= 4 is 0 Å². The molecule has 21 heavy (non-hydrogen) atoms. The quantitative estimate of drug-likeness (QED) is 0.759. The zero-order valence-corrected chi connectivity index (χ0v) is 13.8. The third kappa shape index (κ3) is 4.82.